The molecule has 3 rings (SSSR count). The second-order valence-electron chi connectivity index (χ2n) is 5.61. The van der Waals surface area contributed by atoms with Crippen molar-refractivity contribution >= 4 is 55.3 Å². The van der Waals surface area contributed by atoms with Crippen LogP contribution in [0.15, 0.2) is 63.7 Å². The van der Waals surface area contributed by atoms with Crippen molar-refractivity contribution in [3.8, 4) is 0 Å². The van der Waals surface area contributed by atoms with Gasteiger partial charge in [0.1, 0.15) is 5.69 Å². The number of sulfone groups is 1. The summed E-state index contributed by atoms with van der Waals surface area (Å²) < 4.78 is 23.0. The fourth-order valence-electron chi connectivity index (χ4n) is 2.28. The Morgan fingerprint density at radius 2 is 1.81 bits per heavy atom. The highest BCUT2D eigenvalue weighted by atomic mass is 32.2. The summed E-state index contributed by atoms with van der Waals surface area (Å²) in [6.07, 6.45) is 3.11. The molecule has 140 valence electrons. The van der Waals surface area contributed by atoms with Gasteiger partial charge in [0.05, 0.1) is 10.6 Å². The molecular formula is C18H17N3O3S3. The van der Waals surface area contributed by atoms with Crippen molar-refractivity contribution in [2.75, 3.05) is 23.1 Å². The molecule has 0 unspecified atom stereocenters. The maximum Gasteiger partial charge on any atom is 0.275 e. The van der Waals surface area contributed by atoms with E-state index in [-0.39, 0.29) is 10.8 Å². The van der Waals surface area contributed by atoms with E-state index in [4.69, 9.17) is 0 Å². The molecule has 0 atom stereocenters. The number of aromatic nitrogens is 1. The lowest BCUT2D eigenvalue weighted by molar-refractivity contribution is 0.102. The summed E-state index contributed by atoms with van der Waals surface area (Å²) in [5, 5.41) is 8.16. The van der Waals surface area contributed by atoms with Gasteiger partial charge in [-0.1, -0.05) is 12.1 Å². The monoisotopic (exact) mass is 419 g/mol. The van der Waals surface area contributed by atoms with Gasteiger partial charge in [-0.3, -0.25) is 4.79 Å². The van der Waals surface area contributed by atoms with E-state index < -0.39 is 9.84 Å². The van der Waals surface area contributed by atoms with Crippen LogP contribution in [-0.4, -0.2) is 31.8 Å². The van der Waals surface area contributed by atoms with Gasteiger partial charge in [-0.05, 0) is 42.7 Å². The first kappa shape index (κ1) is 19.4. The molecule has 0 radical (unpaired) electrons. The summed E-state index contributed by atoms with van der Waals surface area (Å²) in [7, 11) is -3.23. The van der Waals surface area contributed by atoms with Crippen LogP contribution in [0.1, 0.15) is 10.5 Å². The minimum atomic E-state index is -3.23. The van der Waals surface area contributed by atoms with E-state index in [9.17, 15) is 13.2 Å². The second kappa shape index (κ2) is 8.12. The Kier molecular flexibility index (Phi) is 5.83. The predicted octanol–water partition coefficient (Wildman–Crippen LogP) is 4.26. The van der Waals surface area contributed by atoms with Gasteiger partial charge < -0.3 is 10.6 Å². The average Bonchev–Trinajstić information content (AvgIpc) is 3.10. The van der Waals surface area contributed by atoms with Gasteiger partial charge in [-0.15, -0.1) is 23.1 Å². The van der Waals surface area contributed by atoms with Gasteiger partial charge in [0.15, 0.2) is 15.0 Å². The van der Waals surface area contributed by atoms with Crippen LogP contribution >= 0.6 is 23.1 Å². The average molecular weight is 420 g/mol. The van der Waals surface area contributed by atoms with E-state index in [0.29, 0.717) is 16.5 Å². The Labute approximate surface area is 166 Å². The van der Waals surface area contributed by atoms with Crippen LogP contribution in [0.4, 0.5) is 16.5 Å². The summed E-state index contributed by atoms with van der Waals surface area (Å²) in [6.45, 7) is 0. The maximum atomic E-state index is 12.4. The molecule has 1 heterocycles. The summed E-state index contributed by atoms with van der Waals surface area (Å²) in [6, 6.07) is 13.9. The number of amides is 1. The molecule has 0 saturated carbocycles. The Balaban J connectivity index is 1.70. The fraction of sp³-hybridized carbons (Fsp3) is 0.111. The number of thiazole rings is 1. The molecule has 0 spiro atoms. The topological polar surface area (TPSA) is 88.2 Å². The van der Waals surface area contributed by atoms with Gasteiger partial charge in [-0.25, -0.2) is 13.4 Å². The molecule has 2 N–H and O–H groups in total. The molecule has 1 amide bonds. The van der Waals surface area contributed by atoms with Crippen LogP contribution in [0.25, 0.3) is 0 Å². The van der Waals surface area contributed by atoms with Crippen LogP contribution in [-0.2, 0) is 9.84 Å². The molecule has 0 aliphatic heterocycles. The molecule has 0 bridgehead atoms. The van der Waals surface area contributed by atoms with Crippen molar-refractivity contribution in [1.29, 1.82) is 0 Å². The maximum absolute atomic E-state index is 12.4. The van der Waals surface area contributed by atoms with E-state index in [1.54, 1.807) is 29.3 Å². The molecule has 0 aliphatic carbocycles. The molecule has 2 aromatic carbocycles. The number of nitrogens with zero attached hydrogens (tertiary/aromatic N) is 1. The number of carbonyl (C=O) groups excluding carboxylic acids is 1. The zero-order valence-electron chi connectivity index (χ0n) is 14.6. The van der Waals surface area contributed by atoms with Crippen molar-refractivity contribution in [2.24, 2.45) is 0 Å². The first-order chi connectivity index (χ1) is 12.9. The third-order valence-corrected chi connectivity index (χ3v) is 6.31. The minimum absolute atomic E-state index is 0.250. The highest BCUT2D eigenvalue weighted by Gasteiger charge is 2.13. The number of rotatable bonds is 6. The summed E-state index contributed by atoms with van der Waals surface area (Å²) in [4.78, 5) is 18.0. The van der Waals surface area contributed by atoms with Crippen LogP contribution in [0, 0.1) is 0 Å². The van der Waals surface area contributed by atoms with E-state index in [2.05, 4.69) is 15.6 Å². The third kappa shape index (κ3) is 4.88. The fourth-order valence-corrected chi connectivity index (χ4v) is 4.17. The van der Waals surface area contributed by atoms with E-state index in [1.165, 1.54) is 23.5 Å². The smallest absolute Gasteiger partial charge is 0.275 e. The standard InChI is InChI=1S/C18H17N3O3S3/c1-25-16-6-4-3-5-14(16)20-17(22)15-11-26-18(21-15)19-12-7-9-13(10-8-12)27(2,23)24/h3-11H,1-2H3,(H,19,21)(H,20,22). The number of para-hydroxylation sites is 1. The molecule has 0 saturated heterocycles. The lowest BCUT2D eigenvalue weighted by Crippen LogP contribution is -2.13. The van der Waals surface area contributed by atoms with Gasteiger partial charge >= 0.3 is 0 Å². The Morgan fingerprint density at radius 1 is 1.11 bits per heavy atom. The number of thioether (sulfide) groups is 1. The highest BCUT2D eigenvalue weighted by Crippen LogP contribution is 2.26. The van der Waals surface area contributed by atoms with Crippen LogP contribution in [0.2, 0.25) is 0 Å². The number of carbonyl (C=O) groups is 1. The summed E-state index contributed by atoms with van der Waals surface area (Å²) >= 11 is 2.85. The number of benzene rings is 2. The first-order valence-corrected chi connectivity index (χ1v) is 11.8. The SMILES string of the molecule is CSc1ccccc1NC(=O)c1csc(Nc2ccc(S(C)(=O)=O)cc2)n1. The van der Waals surface area contributed by atoms with Gasteiger partial charge in [0, 0.05) is 22.2 Å². The summed E-state index contributed by atoms with van der Waals surface area (Å²) in [5.41, 5.74) is 1.75. The van der Waals surface area contributed by atoms with Crippen molar-refractivity contribution in [2.45, 2.75) is 9.79 Å². The quantitative estimate of drug-likeness (QED) is 0.580. The van der Waals surface area contributed by atoms with Crippen molar-refractivity contribution < 1.29 is 13.2 Å². The molecule has 0 aliphatic rings. The largest absolute Gasteiger partial charge is 0.332 e. The normalized spacial score (nSPS) is 11.2. The van der Waals surface area contributed by atoms with E-state index in [0.717, 1.165) is 16.8 Å². The molecule has 9 heteroatoms. The third-order valence-electron chi connectivity index (χ3n) is 3.63. The van der Waals surface area contributed by atoms with Crippen molar-refractivity contribution in [1.82, 2.24) is 4.98 Å². The predicted molar refractivity (Wildman–Crippen MR) is 111 cm³/mol. The minimum Gasteiger partial charge on any atom is -0.332 e. The van der Waals surface area contributed by atoms with E-state index >= 15 is 0 Å². The van der Waals surface area contributed by atoms with Crippen LogP contribution in [0.5, 0.6) is 0 Å². The summed E-state index contributed by atoms with van der Waals surface area (Å²) in [5.74, 6) is -0.284. The molecule has 6 nitrogen and oxygen atoms in total. The van der Waals surface area contributed by atoms with Crippen molar-refractivity contribution in [3.05, 3.63) is 59.6 Å². The Hall–Kier alpha value is -2.36. The van der Waals surface area contributed by atoms with Gasteiger partial charge in [0.2, 0.25) is 0 Å². The lowest BCUT2D eigenvalue weighted by atomic mass is 10.3. The van der Waals surface area contributed by atoms with Crippen LogP contribution in [0.3, 0.4) is 0 Å². The molecule has 27 heavy (non-hydrogen) atoms. The zero-order chi connectivity index (χ0) is 19.4. The number of nitrogens with one attached hydrogen (secondary N) is 2. The first-order valence-electron chi connectivity index (χ1n) is 7.84. The second-order valence-corrected chi connectivity index (χ2v) is 9.34. The highest BCUT2D eigenvalue weighted by molar-refractivity contribution is 7.98. The molecule has 1 aromatic heterocycles. The number of anilines is 3. The molecule has 0 fully saturated rings. The van der Waals surface area contributed by atoms with Gasteiger partial charge in [-0.2, -0.15) is 0 Å². The van der Waals surface area contributed by atoms with Crippen LogP contribution < -0.4 is 10.6 Å². The lowest BCUT2D eigenvalue weighted by Gasteiger charge is -2.07. The Bertz CT molecular complexity index is 1060. The molecule has 3 aromatic rings. The number of hydrogen-bond donors (Lipinski definition) is 2. The Morgan fingerprint density at radius 3 is 2.48 bits per heavy atom. The zero-order valence-corrected chi connectivity index (χ0v) is 17.0. The number of hydrogen-bond acceptors (Lipinski definition) is 7. The van der Waals surface area contributed by atoms with E-state index in [1.807, 2.05) is 30.5 Å². The van der Waals surface area contributed by atoms with Gasteiger partial charge in [0.25, 0.3) is 5.91 Å². The molecular weight excluding hydrogens is 402 g/mol. The van der Waals surface area contributed by atoms with Crippen molar-refractivity contribution in [3.63, 3.8) is 0 Å².